The Labute approximate surface area is 308 Å². The molecule has 3 aromatic rings. The van der Waals surface area contributed by atoms with E-state index in [1.807, 2.05) is 0 Å². The van der Waals surface area contributed by atoms with Crippen LogP contribution in [0.15, 0.2) is 36.4 Å². The highest BCUT2D eigenvalue weighted by atomic mass is 35.5. The molecule has 6 rings (SSSR count). The van der Waals surface area contributed by atoms with Crippen molar-refractivity contribution in [3.05, 3.63) is 81.1 Å². The van der Waals surface area contributed by atoms with Crippen LogP contribution in [0.5, 0.6) is 23.0 Å². The van der Waals surface area contributed by atoms with E-state index in [4.69, 9.17) is 16.3 Å². The molecule has 1 unspecified atom stereocenters. The molecule has 0 radical (unpaired) electrons. The summed E-state index contributed by atoms with van der Waals surface area (Å²) in [4.78, 5) is 68.9. The van der Waals surface area contributed by atoms with Crippen LogP contribution in [0, 0.1) is 17.5 Å². The molecule has 3 aliphatic heterocycles. The van der Waals surface area contributed by atoms with Gasteiger partial charge in [0.15, 0.2) is 17.3 Å². The lowest BCUT2D eigenvalue weighted by atomic mass is 9.72. The fraction of sp³-hybridized carbons (Fsp3) is 0.303. The first-order chi connectivity index (χ1) is 25.6. The number of amides is 6. The Bertz CT molecular complexity index is 2070. The first-order valence-corrected chi connectivity index (χ1v) is 16.7. The van der Waals surface area contributed by atoms with Gasteiger partial charge in [0.2, 0.25) is 5.91 Å². The smallest absolute Gasteiger partial charge is 0.534 e. The van der Waals surface area contributed by atoms with Crippen molar-refractivity contribution in [3.8, 4) is 23.0 Å². The molecule has 3 heterocycles. The van der Waals surface area contributed by atoms with Gasteiger partial charge >= 0.3 is 25.1 Å². The van der Waals surface area contributed by atoms with Crippen molar-refractivity contribution in [3.63, 3.8) is 0 Å². The zero-order valence-electron chi connectivity index (χ0n) is 27.8. The van der Waals surface area contributed by atoms with Crippen molar-refractivity contribution in [2.75, 3.05) is 26.2 Å². The summed E-state index contributed by atoms with van der Waals surface area (Å²) >= 11 is 6.17. The minimum absolute atomic E-state index is 0.0439. The predicted molar refractivity (Wildman–Crippen MR) is 179 cm³/mol. The quantitative estimate of drug-likeness (QED) is 0.136. The molecule has 0 aromatic heterocycles. The van der Waals surface area contributed by atoms with Crippen molar-refractivity contribution in [1.29, 1.82) is 0 Å². The van der Waals surface area contributed by atoms with Crippen LogP contribution in [-0.2, 0) is 11.2 Å². The first kappa shape index (κ1) is 37.9. The average molecular weight is 776 g/mol. The molecule has 3 aromatic carbocycles. The Kier molecular flexibility index (Phi) is 10.4. The number of piperidine rings is 1. The molecule has 2 fully saturated rings. The number of carboxylic acids is 1. The summed E-state index contributed by atoms with van der Waals surface area (Å²) in [6.07, 6.45) is 0.213. The van der Waals surface area contributed by atoms with Crippen LogP contribution >= 0.6 is 11.6 Å². The molecule has 3 aliphatic rings. The van der Waals surface area contributed by atoms with Gasteiger partial charge in [-0.1, -0.05) is 17.7 Å². The van der Waals surface area contributed by atoms with Crippen molar-refractivity contribution in [1.82, 2.24) is 25.3 Å². The summed E-state index contributed by atoms with van der Waals surface area (Å²) in [6, 6.07) is 1.29. The number of carbonyl (C=O) groups excluding carboxylic acids is 4. The zero-order chi connectivity index (χ0) is 39.2. The molecule has 0 spiro atoms. The molecule has 54 heavy (non-hydrogen) atoms. The lowest BCUT2D eigenvalue weighted by Crippen LogP contribution is -2.56. The second-order valence-electron chi connectivity index (χ2n) is 12.7. The number of hydrogen-bond donors (Lipinski definition) is 7. The van der Waals surface area contributed by atoms with Crippen molar-refractivity contribution in [2.45, 2.75) is 37.3 Å². The molecule has 0 saturated carbocycles. The molecule has 2 saturated heterocycles. The van der Waals surface area contributed by atoms with Gasteiger partial charge in [-0.3, -0.25) is 9.59 Å². The Morgan fingerprint density at radius 1 is 0.926 bits per heavy atom. The largest absolute Gasteiger partial charge is 0.547 e. The van der Waals surface area contributed by atoms with Gasteiger partial charge in [0.1, 0.15) is 34.7 Å². The van der Waals surface area contributed by atoms with Gasteiger partial charge in [-0.25, -0.2) is 32.5 Å². The van der Waals surface area contributed by atoms with Crippen molar-refractivity contribution >= 4 is 48.6 Å². The second-order valence-corrected chi connectivity index (χ2v) is 13.1. The molecular weight excluding hydrogens is 746 g/mol. The van der Waals surface area contributed by atoms with E-state index < -0.39 is 106 Å². The van der Waals surface area contributed by atoms with Crippen LogP contribution in [0.2, 0.25) is 5.02 Å². The second kappa shape index (κ2) is 14.9. The van der Waals surface area contributed by atoms with E-state index >= 15 is 0 Å². The maximum Gasteiger partial charge on any atom is 0.547 e. The Hall–Kier alpha value is -5.89. The van der Waals surface area contributed by atoms with E-state index in [2.05, 4.69) is 10.6 Å². The number of aromatic hydroxyl groups is 3. The van der Waals surface area contributed by atoms with Gasteiger partial charge in [-0.2, -0.15) is 0 Å². The van der Waals surface area contributed by atoms with Gasteiger partial charge in [0.25, 0.3) is 5.91 Å². The summed E-state index contributed by atoms with van der Waals surface area (Å²) in [6.45, 7) is 0.115. The maximum absolute atomic E-state index is 14.7. The number of fused-ring (bicyclic) bond motifs is 1. The van der Waals surface area contributed by atoms with E-state index in [0.29, 0.717) is 6.07 Å². The van der Waals surface area contributed by atoms with Crippen molar-refractivity contribution < 1.29 is 67.2 Å². The van der Waals surface area contributed by atoms with Gasteiger partial charge in [0, 0.05) is 37.8 Å². The van der Waals surface area contributed by atoms with Gasteiger partial charge < -0.3 is 50.5 Å². The fourth-order valence-electron chi connectivity index (χ4n) is 6.65. The number of likely N-dealkylation sites (tertiary alicyclic amines) is 1. The summed E-state index contributed by atoms with van der Waals surface area (Å²) < 4.78 is 48.4. The molecule has 284 valence electrons. The van der Waals surface area contributed by atoms with Crippen LogP contribution in [0.4, 0.5) is 22.8 Å². The summed E-state index contributed by atoms with van der Waals surface area (Å²) in [5.74, 6) is -11.4. The number of benzene rings is 3. The molecule has 2 atom stereocenters. The molecule has 6 amide bonds. The number of carbonyl (C=O) groups is 5. The number of urea groups is 2. The SMILES string of the molecule is O=C(O)c1c(F)ccc2c1OB(O)[C@@H](NC(=O)C(NC(=O)N1CCN(C3CCN(C(=O)c4cc(O)ccc4F)CC3)C1=O)c1cc(F)c(O)c(O)c1Cl)C2. The highest BCUT2D eigenvalue weighted by molar-refractivity contribution is 6.47. The van der Waals surface area contributed by atoms with Crippen LogP contribution in [0.25, 0.3) is 0 Å². The number of phenols is 3. The maximum atomic E-state index is 14.7. The molecule has 7 N–H and O–H groups in total. The third kappa shape index (κ3) is 7.08. The minimum atomic E-state index is -1.99. The van der Waals surface area contributed by atoms with E-state index in [9.17, 15) is 62.6 Å². The Morgan fingerprint density at radius 2 is 1.61 bits per heavy atom. The van der Waals surface area contributed by atoms with Crippen LogP contribution in [0.1, 0.15) is 50.7 Å². The monoisotopic (exact) mass is 775 g/mol. The van der Waals surface area contributed by atoms with Crippen LogP contribution in [-0.4, -0.2) is 115 Å². The average Bonchev–Trinajstić information content (AvgIpc) is 3.53. The number of hydrogen-bond acceptors (Lipinski definition) is 10. The van der Waals surface area contributed by atoms with E-state index in [0.717, 1.165) is 29.2 Å². The fourth-order valence-corrected chi connectivity index (χ4v) is 6.91. The van der Waals surface area contributed by atoms with E-state index in [-0.39, 0.29) is 62.3 Å². The van der Waals surface area contributed by atoms with Crippen LogP contribution in [0.3, 0.4) is 0 Å². The standard InChI is InChI=1S/C33H30BClF3N5O11/c35-24-18(13-21(38)26(45)27(24)46)25(29(47)39-22-11-14-1-3-20(37)23(31(49)50)28(14)54-34(22)53)40-32(51)43-10-9-42(33(43)52)15-5-7-41(8-6-15)30(48)17-12-16(44)2-4-19(17)36/h1-4,12-13,15,22,25,44-46,53H,5-11H2,(H,39,47)(H,40,51)(H,49,50)/t22-,25?/m0/s1. The highest BCUT2D eigenvalue weighted by Gasteiger charge is 2.43. The normalized spacial score (nSPS) is 17.9. The Balaban J connectivity index is 1.17. The van der Waals surface area contributed by atoms with Crippen LogP contribution < -0.4 is 15.3 Å². The summed E-state index contributed by atoms with van der Waals surface area (Å²) in [5, 5.41) is 53.8. The number of nitrogens with zero attached hydrogens (tertiary/aromatic N) is 3. The predicted octanol–water partition coefficient (Wildman–Crippen LogP) is 2.51. The van der Waals surface area contributed by atoms with Gasteiger partial charge in [-0.05, 0) is 55.2 Å². The first-order valence-electron chi connectivity index (χ1n) is 16.3. The number of carboxylic acid groups (broad SMARTS) is 1. The third-order valence-corrected chi connectivity index (χ3v) is 9.84. The number of halogens is 4. The van der Waals surface area contributed by atoms with Gasteiger partial charge in [0.05, 0.1) is 16.5 Å². The number of nitrogens with one attached hydrogen (secondary N) is 2. The molecule has 0 aliphatic carbocycles. The highest BCUT2D eigenvalue weighted by Crippen LogP contribution is 2.41. The molecule has 21 heteroatoms. The molecule has 16 nitrogen and oxygen atoms in total. The number of imide groups is 1. The zero-order valence-corrected chi connectivity index (χ0v) is 28.5. The van der Waals surface area contributed by atoms with Crippen molar-refractivity contribution in [2.24, 2.45) is 0 Å². The van der Waals surface area contributed by atoms with E-state index in [1.165, 1.54) is 15.9 Å². The van der Waals surface area contributed by atoms with E-state index in [1.54, 1.807) is 0 Å². The lowest BCUT2D eigenvalue weighted by molar-refractivity contribution is -0.123. The lowest BCUT2D eigenvalue weighted by Gasteiger charge is -2.36. The third-order valence-electron chi connectivity index (χ3n) is 9.45. The topological polar surface area (TPSA) is 230 Å². The van der Waals surface area contributed by atoms with Gasteiger partial charge in [-0.15, -0.1) is 0 Å². The molecular formula is C33H30BClF3N5O11. The minimum Gasteiger partial charge on any atom is -0.534 e. The summed E-state index contributed by atoms with van der Waals surface area (Å²) in [5.41, 5.74) is -1.65. The number of aromatic carboxylic acids is 1. The molecule has 0 bridgehead atoms. The number of phenolic OH excluding ortho intramolecular Hbond substituents is 3. The number of rotatable bonds is 7. The summed E-state index contributed by atoms with van der Waals surface area (Å²) in [7, 11) is -1.95. The Morgan fingerprint density at radius 3 is 2.30 bits per heavy atom.